The Morgan fingerprint density at radius 1 is 1.00 bits per heavy atom. The Morgan fingerprint density at radius 3 is 2.15 bits per heavy atom. The number of sulfonamides is 1. The molecule has 5 fully saturated rings. The van der Waals surface area contributed by atoms with Crippen molar-refractivity contribution in [2.45, 2.75) is 68.4 Å². The molecule has 4 bridgehead atoms. The standard InChI is InChI=1S/C23H30ClN3O5S/c24-17-1-3-19(4-2-17)33(31,32)27-13-18(28)8-20(27)22(30)26-25-21(29)12-23-9-14-5-15(10-23)7-16(6-14)11-23/h1-4,14-16,18,20,28H,5-13H2,(H,25,29)(H,26,30)/t14?,15?,16?,18-,20-,23?/m0/s1. The van der Waals surface area contributed by atoms with Gasteiger partial charge >= 0.3 is 0 Å². The molecule has 0 radical (unpaired) electrons. The quantitative estimate of drug-likeness (QED) is 0.542. The van der Waals surface area contributed by atoms with Gasteiger partial charge in [-0.15, -0.1) is 0 Å². The van der Waals surface area contributed by atoms with Crippen LogP contribution in [0.5, 0.6) is 0 Å². The fourth-order valence-corrected chi connectivity index (χ4v) is 8.90. The van der Waals surface area contributed by atoms with E-state index in [1.54, 1.807) is 0 Å². The highest BCUT2D eigenvalue weighted by Crippen LogP contribution is 2.61. The Bertz CT molecular complexity index is 1010. The van der Waals surface area contributed by atoms with Gasteiger partial charge in [-0.25, -0.2) is 8.42 Å². The number of hydrogen-bond acceptors (Lipinski definition) is 5. The van der Waals surface area contributed by atoms with Gasteiger partial charge < -0.3 is 5.11 Å². The molecular weight excluding hydrogens is 466 g/mol. The second-order valence-electron chi connectivity index (χ2n) is 10.6. The number of halogens is 1. The van der Waals surface area contributed by atoms with Gasteiger partial charge in [0.15, 0.2) is 0 Å². The average Bonchev–Trinajstić information content (AvgIpc) is 3.14. The lowest BCUT2D eigenvalue weighted by Crippen LogP contribution is -2.53. The van der Waals surface area contributed by atoms with Crippen LogP contribution in [0.25, 0.3) is 0 Å². The number of rotatable bonds is 5. The zero-order valence-corrected chi connectivity index (χ0v) is 19.9. The summed E-state index contributed by atoms with van der Waals surface area (Å²) in [7, 11) is -4.02. The second kappa shape index (κ2) is 8.52. The van der Waals surface area contributed by atoms with Crippen molar-refractivity contribution in [3.05, 3.63) is 29.3 Å². The Balaban J connectivity index is 1.21. The summed E-state index contributed by atoms with van der Waals surface area (Å²) in [6, 6.07) is 4.54. The number of carbonyl (C=O) groups is 2. The van der Waals surface area contributed by atoms with Gasteiger partial charge in [0.2, 0.25) is 15.9 Å². The normalized spacial score (nSPS) is 35.5. The van der Waals surface area contributed by atoms with E-state index in [1.807, 2.05) is 0 Å². The molecule has 1 heterocycles. The Labute approximate surface area is 199 Å². The SMILES string of the molecule is O=C(CC12CC3CC(CC(C3)C1)C2)NNC(=O)[C@@H]1C[C@H](O)CN1S(=O)(=O)c1ccc(Cl)cc1. The minimum absolute atomic E-state index is 0.00958. The molecule has 0 unspecified atom stereocenters. The second-order valence-corrected chi connectivity index (χ2v) is 12.9. The first kappa shape index (κ1) is 23.1. The van der Waals surface area contributed by atoms with Crippen LogP contribution in [-0.4, -0.2) is 48.3 Å². The first-order valence-electron chi connectivity index (χ1n) is 11.7. The van der Waals surface area contributed by atoms with Gasteiger partial charge in [-0.05, 0) is 86.0 Å². The fourth-order valence-electron chi connectivity index (χ4n) is 7.14. The molecule has 0 spiro atoms. The third-order valence-corrected chi connectivity index (χ3v) is 10.1. The predicted octanol–water partition coefficient (Wildman–Crippen LogP) is 2.22. The molecule has 1 saturated heterocycles. The maximum atomic E-state index is 13.1. The van der Waals surface area contributed by atoms with Gasteiger partial charge in [-0.3, -0.25) is 20.4 Å². The van der Waals surface area contributed by atoms with Crippen LogP contribution in [0.1, 0.15) is 51.4 Å². The van der Waals surface area contributed by atoms with Crippen LogP contribution in [0, 0.1) is 23.2 Å². The number of hydrogen-bond donors (Lipinski definition) is 3. The van der Waals surface area contributed by atoms with Crippen LogP contribution in [-0.2, 0) is 19.6 Å². The number of amides is 2. The van der Waals surface area contributed by atoms with Crippen molar-refractivity contribution in [1.29, 1.82) is 0 Å². The summed E-state index contributed by atoms with van der Waals surface area (Å²) >= 11 is 5.85. The smallest absolute Gasteiger partial charge is 0.256 e. The number of benzene rings is 1. The largest absolute Gasteiger partial charge is 0.392 e. The molecule has 2 atom stereocenters. The lowest BCUT2D eigenvalue weighted by atomic mass is 9.49. The summed E-state index contributed by atoms with van der Waals surface area (Å²) in [5, 5.41) is 10.5. The average molecular weight is 496 g/mol. The van der Waals surface area contributed by atoms with E-state index in [-0.39, 0.29) is 29.2 Å². The Hall–Kier alpha value is -1.68. The molecule has 180 valence electrons. The van der Waals surface area contributed by atoms with Gasteiger partial charge in [-0.1, -0.05) is 11.6 Å². The van der Waals surface area contributed by atoms with Crippen molar-refractivity contribution in [2.75, 3.05) is 6.54 Å². The lowest BCUT2D eigenvalue weighted by Gasteiger charge is -2.56. The molecule has 1 aliphatic heterocycles. The van der Waals surface area contributed by atoms with E-state index in [4.69, 9.17) is 11.6 Å². The van der Waals surface area contributed by atoms with Gasteiger partial charge in [0.05, 0.1) is 11.0 Å². The van der Waals surface area contributed by atoms with Crippen LogP contribution in [0.3, 0.4) is 0 Å². The van der Waals surface area contributed by atoms with Crippen LogP contribution in [0.2, 0.25) is 5.02 Å². The lowest BCUT2D eigenvalue weighted by molar-refractivity contribution is -0.135. The molecular formula is C23H30ClN3O5S. The van der Waals surface area contributed by atoms with Gasteiger partial charge in [0.1, 0.15) is 6.04 Å². The van der Waals surface area contributed by atoms with E-state index < -0.39 is 28.1 Å². The zero-order chi connectivity index (χ0) is 23.4. The molecule has 3 N–H and O–H groups in total. The highest BCUT2D eigenvalue weighted by molar-refractivity contribution is 7.89. The molecule has 5 aliphatic rings. The Kier molecular flexibility index (Phi) is 5.96. The highest BCUT2D eigenvalue weighted by atomic mass is 35.5. The van der Waals surface area contributed by atoms with Crippen molar-refractivity contribution in [1.82, 2.24) is 15.2 Å². The van der Waals surface area contributed by atoms with Crippen molar-refractivity contribution in [2.24, 2.45) is 23.2 Å². The van der Waals surface area contributed by atoms with E-state index in [0.717, 1.165) is 41.3 Å². The maximum absolute atomic E-state index is 13.1. The molecule has 1 aromatic carbocycles. The number of β-amino-alcohol motifs (C(OH)–C–C–N with tert-alkyl or cyclic N) is 1. The minimum Gasteiger partial charge on any atom is -0.392 e. The summed E-state index contributed by atoms with van der Waals surface area (Å²) < 4.78 is 27.1. The van der Waals surface area contributed by atoms with Crippen molar-refractivity contribution in [3.8, 4) is 0 Å². The number of aliphatic hydroxyl groups is 1. The van der Waals surface area contributed by atoms with Crippen molar-refractivity contribution >= 4 is 33.4 Å². The number of nitrogens with one attached hydrogen (secondary N) is 2. The van der Waals surface area contributed by atoms with Crippen molar-refractivity contribution in [3.63, 3.8) is 0 Å². The van der Waals surface area contributed by atoms with Crippen LogP contribution in [0.4, 0.5) is 0 Å². The van der Waals surface area contributed by atoms with E-state index in [2.05, 4.69) is 10.9 Å². The molecule has 2 amide bonds. The number of hydrazine groups is 1. The van der Waals surface area contributed by atoms with Crippen LogP contribution < -0.4 is 10.9 Å². The van der Waals surface area contributed by atoms with Crippen molar-refractivity contribution < 1.29 is 23.1 Å². The minimum atomic E-state index is -4.02. The molecule has 1 aromatic rings. The maximum Gasteiger partial charge on any atom is 0.256 e. The molecule has 10 heteroatoms. The van der Waals surface area contributed by atoms with E-state index in [0.29, 0.717) is 11.4 Å². The molecule has 6 rings (SSSR count). The fraction of sp³-hybridized carbons (Fsp3) is 0.652. The molecule has 33 heavy (non-hydrogen) atoms. The monoisotopic (exact) mass is 495 g/mol. The number of carbonyl (C=O) groups excluding carboxylic acids is 2. The summed E-state index contributed by atoms with van der Waals surface area (Å²) in [6.07, 6.45) is 6.51. The number of nitrogens with zero attached hydrogens (tertiary/aromatic N) is 1. The molecule has 8 nitrogen and oxygen atoms in total. The summed E-state index contributed by atoms with van der Waals surface area (Å²) in [6.45, 7) is -0.190. The predicted molar refractivity (Wildman–Crippen MR) is 121 cm³/mol. The summed E-state index contributed by atoms with van der Waals surface area (Å²) in [5.74, 6) is 1.29. The highest BCUT2D eigenvalue weighted by Gasteiger charge is 2.51. The van der Waals surface area contributed by atoms with Crippen LogP contribution >= 0.6 is 11.6 Å². The van der Waals surface area contributed by atoms with E-state index in [9.17, 15) is 23.1 Å². The molecule has 4 saturated carbocycles. The summed E-state index contributed by atoms with van der Waals surface area (Å²) in [4.78, 5) is 25.6. The first-order valence-corrected chi connectivity index (χ1v) is 13.5. The van der Waals surface area contributed by atoms with Gasteiger partial charge in [0, 0.05) is 24.4 Å². The first-order chi connectivity index (χ1) is 15.6. The van der Waals surface area contributed by atoms with E-state index in [1.165, 1.54) is 43.5 Å². The number of aliphatic hydroxyl groups excluding tert-OH is 1. The van der Waals surface area contributed by atoms with E-state index >= 15 is 0 Å². The van der Waals surface area contributed by atoms with Gasteiger partial charge in [0.25, 0.3) is 5.91 Å². The molecule has 0 aromatic heterocycles. The topological polar surface area (TPSA) is 116 Å². The molecule has 4 aliphatic carbocycles. The third-order valence-electron chi connectivity index (χ3n) is 7.98. The van der Waals surface area contributed by atoms with Gasteiger partial charge in [-0.2, -0.15) is 4.31 Å². The Morgan fingerprint density at radius 2 is 1.58 bits per heavy atom. The third kappa shape index (κ3) is 4.52. The summed E-state index contributed by atoms with van der Waals surface area (Å²) in [5.41, 5.74) is 4.96. The van der Waals surface area contributed by atoms with Crippen LogP contribution in [0.15, 0.2) is 29.2 Å². The zero-order valence-electron chi connectivity index (χ0n) is 18.4.